The Morgan fingerprint density at radius 2 is 1.88 bits per heavy atom. The summed E-state index contributed by atoms with van der Waals surface area (Å²) in [5.74, 6) is -0.202. The molecule has 8 heteroatoms. The van der Waals surface area contributed by atoms with E-state index in [1.165, 1.54) is 0 Å². The highest BCUT2D eigenvalue weighted by atomic mass is 32.2. The van der Waals surface area contributed by atoms with Gasteiger partial charge in [-0.15, -0.1) is 0 Å². The third-order valence-corrected chi connectivity index (χ3v) is 2.89. The van der Waals surface area contributed by atoms with Gasteiger partial charge in [-0.1, -0.05) is 0 Å². The lowest BCUT2D eigenvalue weighted by Gasteiger charge is -2.19. The van der Waals surface area contributed by atoms with Crippen molar-refractivity contribution >= 4 is 16.1 Å². The molecule has 0 heterocycles. The Labute approximate surface area is 102 Å². The number of sulfonamides is 1. The van der Waals surface area contributed by atoms with Crippen molar-refractivity contribution in [3.8, 4) is 0 Å². The summed E-state index contributed by atoms with van der Waals surface area (Å²) in [6, 6.07) is 0. The average molecular weight is 267 g/mol. The van der Waals surface area contributed by atoms with Gasteiger partial charge in [0.05, 0.1) is 5.75 Å². The van der Waals surface area contributed by atoms with Crippen molar-refractivity contribution in [1.82, 2.24) is 10.0 Å². The molecule has 7 nitrogen and oxygen atoms in total. The molecular formula is C9H21N3O4S. The first kappa shape index (κ1) is 16.1. The minimum Gasteiger partial charge on any atom is -0.444 e. The van der Waals surface area contributed by atoms with Crippen LogP contribution in [0.2, 0.25) is 0 Å². The minimum atomic E-state index is -3.38. The van der Waals surface area contributed by atoms with Gasteiger partial charge in [-0.3, -0.25) is 0 Å². The van der Waals surface area contributed by atoms with Crippen LogP contribution in [0.1, 0.15) is 20.8 Å². The molecule has 17 heavy (non-hydrogen) atoms. The van der Waals surface area contributed by atoms with E-state index in [0.29, 0.717) is 0 Å². The number of hydrogen-bond donors (Lipinski definition) is 3. The average Bonchev–Trinajstić information content (AvgIpc) is 2.11. The van der Waals surface area contributed by atoms with Crippen LogP contribution in [-0.4, -0.2) is 45.5 Å². The number of rotatable bonds is 6. The molecule has 0 aliphatic rings. The number of ether oxygens (including phenoxy) is 1. The number of carbonyl (C=O) groups excluding carboxylic acids is 1. The van der Waals surface area contributed by atoms with Gasteiger partial charge in [0.15, 0.2) is 0 Å². The number of hydrogen-bond acceptors (Lipinski definition) is 5. The Kier molecular flexibility index (Phi) is 6.43. The van der Waals surface area contributed by atoms with Crippen LogP contribution < -0.4 is 15.8 Å². The Morgan fingerprint density at radius 3 is 2.35 bits per heavy atom. The third-order valence-electron chi connectivity index (χ3n) is 1.51. The molecule has 102 valence electrons. The summed E-state index contributed by atoms with van der Waals surface area (Å²) in [7, 11) is -3.38. The van der Waals surface area contributed by atoms with Crippen LogP contribution in [0.4, 0.5) is 4.79 Å². The lowest BCUT2D eigenvalue weighted by atomic mass is 10.2. The maximum atomic E-state index is 11.3. The molecule has 0 unspecified atom stereocenters. The van der Waals surface area contributed by atoms with Crippen molar-refractivity contribution in [3.63, 3.8) is 0 Å². The summed E-state index contributed by atoms with van der Waals surface area (Å²) in [5.41, 5.74) is 4.57. The second kappa shape index (κ2) is 6.77. The first-order valence-corrected chi connectivity index (χ1v) is 6.96. The summed E-state index contributed by atoms with van der Waals surface area (Å²) in [6.45, 7) is 5.60. The maximum Gasteiger partial charge on any atom is 0.407 e. The zero-order valence-corrected chi connectivity index (χ0v) is 11.3. The van der Waals surface area contributed by atoms with Gasteiger partial charge < -0.3 is 15.8 Å². The topological polar surface area (TPSA) is 111 Å². The fourth-order valence-electron chi connectivity index (χ4n) is 0.888. The fourth-order valence-corrected chi connectivity index (χ4v) is 1.83. The minimum absolute atomic E-state index is 0.00514. The fraction of sp³-hybridized carbons (Fsp3) is 0.889. The van der Waals surface area contributed by atoms with Crippen LogP contribution in [0.15, 0.2) is 0 Å². The first-order chi connectivity index (χ1) is 7.66. The lowest BCUT2D eigenvalue weighted by Crippen LogP contribution is -2.38. The summed E-state index contributed by atoms with van der Waals surface area (Å²) < 4.78 is 29.8. The molecule has 0 aromatic rings. The SMILES string of the molecule is CC(C)(C)OC(=O)NCCS(=O)(=O)NCCN. The van der Waals surface area contributed by atoms with Crippen molar-refractivity contribution in [3.05, 3.63) is 0 Å². The van der Waals surface area contributed by atoms with E-state index in [9.17, 15) is 13.2 Å². The van der Waals surface area contributed by atoms with E-state index >= 15 is 0 Å². The predicted molar refractivity (Wildman–Crippen MR) is 65.1 cm³/mol. The monoisotopic (exact) mass is 267 g/mol. The van der Waals surface area contributed by atoms with E-state index in [1.807, 2.05) is 0 Å². The van der Waals surface area contributed by atoms with Gasteiger partial charge in [0.1, 0.15) is 5.60 Å². The van der Waals surface area contributed by atoms with Gasteiger partial charge in [0.25, 0.3) is 0 Å². The molecule has 0 aromatic carbocycles. The molecule has 0 radical (unpaired) electrons. The van der Waals surface area contributed by atoms with Crippen LogP contribution in [-0.2, 0) is 14.8 Å². The molecule has 0 aliphatic heterocycles. The highest BCUT2D eigenvalue weighted by Crippen LogP contribution is 2.06. The van der Waals surface area contributed by atoms with E-state index in [4.69, 9.17) is 10.5 Å². The van der Waals surface area contributed by atoms with Gasteiger partial charge in [0.2, 0.25) is 10.0 Å². The Hall–Kier alpha value is -0.860. The second-order valence-electron chi connectivity index (χ2n) is 4.43. The molecule has 0 bridgehead atoms. The van der Waals surface area contributed by atoms with E-state index in [2.05, 4.69) is 10.0 Å². The summed E-state index contributed by atoms with van der Waals surface area (Å²) >= 11 is 0. The number of carbonyl (C=O) groups is 1. The van der Waals surface area contributed by atoms with Crippen molar-refractivity contribution in [2.24, 2.45) is 5.73 Å². The van der Waals surface area contributed by atoms with Gasteiger partial charge in [-0.2, -0.15) is 0 Å². The number of alkyl carbamates (subject to hydrolysis) is 1. The molecule has 0 rings (SSSR count). The normalized spacial score (nSPS) is 12.2. The molecular weight excluding hydrogens is 246 g/mol. The largest absolute Gasteiger partial charge is 0.444 e. The van der Waals surface area contributed by atoms with E-state index < -0.39 is 21.7 Å². The Bertz CT molecular complexity index is 335. The molecule has 0 saturated carbocycles. The van der Waals surface area contributed by atoms with Crippen LogP contribution in [0.25, 0.3) is 0 Å². The maximum absolute atomic E-state index is 11.3. The number of nitrogens with two attached hydrogens (primary N) is 1. The predicted octanol–water partition coefficient (Wildman–Crippen LogP) is -0.611. The third kappa shape index (κ3) is 10.0. The Morgan fingerprint density at radius 1 is 1.29 bits per heavy atom. The van der Waals surface area contributed by atoms with Gasteiger partial charge in [-0.25, -0.2) is 17.9 Å². The summed E-state index contributed by atoms with van der Waals surface area (Å²) in [5, 5.41) is 2.36. The molecule has 0 aromatic heterocycles. The van der Waals surface area contributed by atoms with Crippen LogP contribution in [0, 0.1) is 0 Å². The molecule has 0 aliphatic carbocycles. The van der Waals surface area contributed by atoms with Gasteiger partial charge >= 0.3 is 6.09 Å². The quantitative estimate of drug-likeness (QED) is 0.594. The first-order valence-electron chi connectivity index (χ1n) is 5.30. The van der Waals surface area contributed by atoms with Crippen LogP contribution in [0.3, 0.4) is 0 Å². The molecule has 0 spiro atoms. The zero-order valence-electron chi connectivity index (χ0n) is 10.4. The van der Waals surface area contributed by atoms with Crippen molar-refractivity contribution in [2.75, 3.05) is 25.4 Å². The van der Waals surface area contributed by atoms with Crippen molar-refractivity contribution in [1.29, 1.82) is 0 Å². The highest BCUT2D eigenvalue weighted by molar-refractivity contribution is 7.89. The van der Waals surface area contributed by atoms with E-state index in [-0.39, 0.29) is 25.4 Å². The molecule has 0 saturated heterocycles. The van der Waals surface area contributed by atoms with Crippen molar-refractivity contribution in [2.45, 2.75) is 26.4 Å². The van der Waals surface area contributed by atoms with Crippen LogP contribution in [0.5, 0.6) is 0 Å². The molecule has 0 atom stereocenters. The van der Waals surface area contributed by atoms with Crippen molar-refractivity contribution < 1.29 is 17.9 Å². The van der Waals surface area contributed by atoms with Gasteiger partial charge in [0, 0.05) is 19.6 Å². The van der Waals surface area contributed by atoms with Gasteiger partial charge in [-0.05, 0) is 20.8 Å². The summed E-state index contributed by atoms with van der Waals surface area (Å²) in [4.78, 5) is 11.2. The standard InChI is InChI=1S/C9H21N3O4S/c1-9(2,3)16-8(13)11-6-7-17(14,15)12-5-4-10/h12H,4-7,10H2,1-3H3,(H,11,13). The molecule has 0 fully saturated rings. The zero-order chi connectivity index (χ0) is 13.5. The molecule has 4 N–H and O–H groups in total. The Balaban J connectivity index is 3.88. The number of amides is 1. The smallest absolute Gasteiger partial charge is 0.407 e. The van der Waals surface area contributed by atoms with Crippen LogP contribution >= 0.6 is 0 Å². The number of nitrogens with one attached hydrogen (secondary N) is 2. The highest BCUT2D eigenvalue weighted by Gasteiger charge is 2.16. The van der Waals surface area contributed by atoms with E-state index in [0.717, 1.165) is 0 Å². The second-order valence-corrected chi connectivity index (χ2v) is 6.36. The lowest BCUT2D eigenvalue weighted by molar-refractivity contribution is 0.0531. The summed E-state index contributed by atoms with van der Waals surface area (Å²) in [6.07, 6.45) is -0.633. The van der Waals surface area contributed by atoms with E-state index in [1.54, 1.807) is 20.8 Å². The molecule has 1 amide bonds.